The Kier molecular flexibility index (Phi) is 4.43. The smallest absolute Gasteiger partial charge is 0.159 e. The van der Waals surface area contributed by atoms with Crippen molar-refractivity contribution >= 4 is 0 Å². The van der Waals surface area contributed by atoms with Crippen molar-refractivity contribution in [3.8, 4) is 0 Å². The number of hydrogen-bond donors (Lipinski definition) is 1. The molecule has 1 rings (SSSR count). The summed E-state index contributed by atoms with van der Waals surface area (Å²) in [6, 6.07) is 4.03. The molecule has 0 saturated carbocycles. The van der Waals surface area contributed by atoms with E-state index in [0.717, 1.165) is 24.5 Å². The molecule has 0 bridgehead atoms. The molecule has 0 heterocycles. The first-order chi connectivity index (χ1) is 7.19. The molecule has 1 unspecified atom stereocenters. The molecular formula is C12H15F2N. The fourth-order valence-electron chi connectivity index (χ4n) is 1.49. The van der Waals surface area contributed by atoms with Crippen molar-refractivity contribution in [2.45, 2.75) is 18.9 Å². The Morgan fingerprint density at radius 3 is 2.67 bits per heavy atom. The monoisotopic (exact) mass is 211 g/mol. The molecule has 0 aliphatic rings. The van der Waals surface area contributed by atoms with Crippen LogP contribution in [0.4, 0.5) is 8.78 Å². The van der Waals surface area contributed by atoms with E-state index in [1.54, 1.807) is 13.1 Å². The Morgan fingerprint density at radius 1 is 1.40 bits per heavy atom. The molecule has 82 valence electrons. The molecule has 1 atom stereocenters. The Hall–Kier alpha value is -1.22. The van der Waals surface area contributed by atoms with Gasteiger partial charge in [0.1, 0.15) is 0 Å². The van der Waals surface area contributed by atoms with E-state index in [4.69, 9.17) is 0 Å². The van der Waals surface area contributed by atoms with Gasteiger partial charge in [-0.15, -0.1) is 6.58 Å². The lowest BCUT2D eigenvalue weighted by Crippen LogP contribution is -2.16. The van der Waals surface area contributed by atoms with Crippen LogP contribution in [-0.4, -0.2) is 7.05 Å². The summed E-state index contributed by atoms with van der Waals surface area (Å²) in [4.78, 5) is 0. The molecule has 0 saturated heterocycles. The first-order valence-electron chi connectivity index (χ1n) is 4.92. The van der Waals surface area contributed by atoms with Crippen LogP contribution in [0.1, 0.15) is 24.4 Å². The summed E-state index contributed by atoms with van der Waals surface area (Å²) in [7, 11) is 1.80. The quantitative estimate of drug-likeness (QED) is 0.737. The fraction of sp³-hybridized carbons (Fsp3) is 0.333. The van der Waals surface area contributed by atoms with E-state index in [1.807, 2.05) is 6.08 Å². The molecule has 1 aromatic rings. The van der Waals surface area contributed by atoms with E-state index in [1.165, 1.54) is 6.07 Å². The van der Waals surface area contributed by atoms with Gasteiger partial charge in [-0.3, -0.25) is 0 Å². The van der Waals surface area contributed by atoms with Gasteiger partial charge in [-0.1, -0.05) is 12.1 Å². The topological polar surface area (TPSA) is 12.0 Å². The van der Waals surface area contributed by atoms with Crippen LogP contribution in [-0.2, 0) is 0 Å². The Balaban J connectivity index is 2.82. The zero-order valence-electron chi connectivity index (χ0n) is 8.76. The molecule has 0 aliphatic heterocycles. The average Bonchev–Trinajstić information content (AvgIpc) is 2.24. The molecule has 1 aromatic carbocycles. The molecule has 0 fully saturated rings. The van der Waals surface area contributed by atoms with Crippen LogP contribution in [0.25, 0.3) is 0 Å². The van der Waals surface area contributed by atoms with Gasteiger partial charge in [0.2, 0.25) is 0 Å². The van der Waals surface area contributed by atoms with E-state index >= 15 is 0 Å². The van der Waals surface area contributed by atoms with E-state index < -0.39 is 11.6 Å². The van der Waals surface area contributed by atoms with E-state index in [-0.39, 0.29) is 6.04 Å². The first kappa shape index (κ1) is 11.9. The van der Waals surface area contributed by atoms with Crippen LogP contribution in [0, 0.1) is 11.6 Å². The van der Waals surface area contributed by atoms with Crippen LogP contribution in [0.5, 0.6) is 0 Å². The minimum Gasteiger partial charge on any atom is -0.313 e. The van der Waals surface area contributed by atoms with Crippen molar-refractivity contribution in [2.75, 3.05) is 7.05 Å². The van der Waals surface area contributed by atoms with Gasteiger partial charge < -0.3 is 5.32 Å². The highest BCUT2D eigenvalue weighted by atomic mass is 19.2. The second-order valence-electron chi connectivity index (χ2n) is 3.38. The Labute approximate surface area is 88.8 Å². The summed E-state index contributed by atoms with van der Waals surface area (Å²) in [5.74, 6) is -1.61. The maximum absolute atomic E-state index is 13.0. The van der Waals surface area contributed by atoms with Crippen molar-refractivity contribution in [2.24, 2.45) is 0 Å². The average molecular weight is 211 g/mol. The largest absolute Gasteiger partial charge is 0.313 e. The molecule has 0 radical (unpaired) electrons. The molecule has 1 nitrogen and oxygen atoms in total. The third-order valence-electron chi connectivity index (χ3n) is 2.35. The van der Waals surface area contributed by atoms with Crippen molar-refractivity contribution in [1.29, 1.82) is 0 Å². The zero-order valence-corrected chi connectivity index (χ0v) is 8.76. The van der Waals surface area contributed by atoms with Gasteiger partial charge in [-0.25, -0.2) is 8.78 Å². The van der Waals surface area contributed by atoms with E-state index in [0.29, 0.717) is 0 Å². The number of halogens is 2. The van der Waals surface area contributed by atoms with Crippen molar-refractivity contribution in [3.63, 3.8) is 0 Å². The van der Waals surface area contributed by atoms with Crippen LogP contribution < -0.4 is 5.32 Å². The third kappa shape index (κ3) is 3.13. The number of benzene rings is 1. The Bertz CT molecular complexity index is 336. The molecule has 0 spiro atoms. The highest BCUT2D eigenvalue weighted by molar-refractivity contribution is 5.21. The molecule has 15 heavy (non-hydrogen) atoms. The number of allylic oxidation sites excluding steroid dienone is 1. The van der Waals surface area contributed by atoms with Gasteiger partial charge in [0, 0.05) is 6.04 Å². The first-order valence-corrected chi connectivity index (χ1v) is 4.92. The van der Waals surface area contributed by atoms with Gasteiger partial charge in [-0.2, -0.15) is 0 Å². The Morgan fingerprint density at radius 2 is 2.13 bits per heavy atom. The van der Waals surface area contributed by atoms with E-state index in [2.05, 4.69) is 11.9 Å². The molecule has 0 amide bonds. The summed E-state index contributed by atoms with van der Waals surface area (Å²) in [5.41, 5.74) is 0.762. The standard InChI is InChI=1S/C12H15F2N/c1-3-4-5-12(15-2)9-6-7-10(13)11(14)8-9/h3,6-8,12,15H,1,4-5H2,2H3. The third-order valence-corrected chi connectivity index (χ3v) is 2.35. The lowest BCUT2D eigenvalue weighted by molar-refractivity contribution is 0.497. The maximum Gasteiger partial charge on any atom is 0.159 e. The molecule has 0 aromatic heterocycles. The predicted octanol–water partition coefficient (Wildman–Crippen LogP) is 3.19. The number of nitrogens with one attached hydrogen (secondary N) is 1. The van der Waals surface area contributed by atoms with Crippen molar-refractivity contribution in [1.82, 2.24) is 5.32 Å². The van der Waals surface area contributed by atoms with Gasteiger partial charge in [-0.05, 0) is 37.6 Å². The van der Waals surface area contributed by atoms with Crippen molar-refractivity contribution in [3.05, 3.63) is 48.1 Å². The molecular weight excluding hydrogens is 196 g/mol. The van der Waals surface area contributed by atoms with Crippen LogP contribution in [0.3, 0.4) is 0 Å². The summed E-state index contributed by atoms with van der Waals surface area (Å²) < 4.78 is 25.7. The summed E-state index contributed by atoms with van der Waals surface area (Å²) >= 11 is 0. The van der Waals surface area contributed by atoms with Crippen LogP contribution >= 0.6 is 0 Å². The maximum atomic E-state index is 13.0. The zero-order chi connectivity index (χ0) is 11.3. The van der Waals surface area contributed by atoms with Crippen LogP contribution in [0.2, 0.25) is 0 Å². The molecule has 1 N–H and O–H groups in total. The highest BCUT2D eigenvalue weighted by Gasteiger charge is 2.10. The predicted molar refractivity (Wildman–Crippen MR) is 57.6 cm³/mol. The second kappa shape index (κ2) is 5.61. The SMILES string of the molecule is C=CCCC(NC)c1ccc(F)c(F)c1. The summed E-state index contributed by atoms with van der Waals surface area (Å²) in [6.45, 7) is 3.63. The van der Waals surface area contributed by atoms with E-state index in [9.17, 15) is 8.78 Å². The lowest BCUT2D eigenvalue weighted by atomic mass is 10.0. The minimum atomic E-state index is -0.808. The van der Waals surface area contributed by atoms with Crippen molar-refractivity contribution < 1.29 is 8.78 Å². The van der Waals surface area contributed by atoms with Gasteiger partial charge in [0.25, 0.3) is 0 Å². The highest BCUT2D eigenvalue weighted by Crippen LogP contribution is 2.20. The minimum absolute atomic E-state index is 0.0399. The van der Waals surface area contributed by atoms with Gasteiger partial charge in [0.05, 0.1) is 0 Å². The fourth-order valence-corrected chi connectivity index (χ4v) is 1.49. The van der Waals surface area contributed by atoms with Crippen LogP contribution in [0.15, 0.2) is 30.9 Å². The lowest BCUT2D eigenvalue weighted by Gasteiger charge is -2.15. The van der Waals surface area contributed by atoms with Gasteiger partial charge in [0.15, 0.2) is 11.6 Å². The summed E-state index contributed by atoms with van der Waals surface area (Å²) in [5, 5.41) is 3.06. The second-order valence-corrected chi connectivity index (χ2v) is 3.38. The summed E-state index contributed by atoms with van der Waals surface area (Å²) in [6.07, 6.45) is 3.47. The number of hydrogen-bond acceptors (Lipinski definition) is 1. The molecule has 0 aliphatic carbocycles. The molecule has 3 heteroatoms. The number of rotatable bonds is 5. The normalized spacial score (nSPS) is 12.5. The van der Waals surface area contributed by atoms with Gasteiger partial charge >= 0.3 is 0 Å².